The highest BCUT2D eigenvalue weighted by Crippen LogP contribution is 2.27. The molecule has 0 aromatic carbocycles. The van der Waals surface area contributed by atoms with Gasteiger partial charge in [0.05, 0.1) is 12.2 Å². The first-order valence-corrected chi connectivity index (χ1v) is 6.35. The van der Waals surface area contributed by atoms with Gasteiger partial charge in [-0.2, -0.15) is 0 Å². The van der Waals surface area contributed by atoms with Crippen LogP contribution >= 0.6 is 0 Å². The highest BCUT2D eigenvalue weighted by Gasteiger charge is 2.22. The monoisotopic (exact) mass is 240 g/mol. The van der Waals surface area contributed by atoms with Crippen LogP contribution in [0.2, 0.25) is 0 Å². The van der Waals surface area contributed by atoms with Gasteiger partial charge in [-0.05, 0) is 39.5 Å². The van der Waals surface area contributed by atoms with Crippen LogP contribution < -0.4 is 0 Å². The first-order chi connectivity index (χ1) is 7.92. The van der Waals surface area contributed by atoms with Gasteiger partial charge in [0.25, 0.3) is 0 Å². The van der Waals surface area contributed by atoms with Crippen LogP contribution in [-0.4, -0.2) is 25.3 Å². The second-order valence-corrected chi connectivity index (χ2v) is 5.67. The number of allylic oxidation sites excluding steroid dienone is 1. The van der Waals surface area contributed by atoms with E-state index in [9.17, 15) is 4.79 Å². The molecule has 17 heavy (non-hydrogen) atoms. The zero-order chi connectivity index (χ0) is 12.9. The molecule has 0 heterocycles. The van der Waals surface area contributed by atoms with E-state index in [2.05, 4.69) is 0 Å². The van der Waals surface area contributed by atoms with Gasteiger partial charge in [-0.1, -0.05) is 18.9 Å². The van der Waals surface area contributed by atoms with E-state index in [4.69, 9.17) is 9.47 Å². The molecule has 0 aromatic rings. The van der Waals surface area contributed by atoms with Crippen LogP contribution in [0.25, 0.3) is 0 Å². The Labute approximate surface area is 104 Å². The van der Waals surface area contributed by atoms with E-state index in [-0.39, 0.29) is 5.97 Å². The number of carbonyl (C=O) groups is 1. The summed E-state index contributed by atoms with van der Waals surface area (Å²) in [5.41, 5.74) is 0.217. The third-order valence-electron chi connectivity index (χ3n) is 2.80. The van der Waals surface area contributed by atoms with Crippen molar-refractivity contribution in [3.05, 3.63) is 11.6 Å². The third kappa shape index (κ3) is 5.35. The Morgan fingerprint density at radius 3 is 2.35 bits per heavy atom. The number of hydrogen-bond donors (Lipinski definition) is 0. The van der Waals surface area contributed by atoms with Crippen molar-refractivity contribution in [3.8, 4) is 0 Å². The second kappa shape index (κ2) is 6.20. The van der Waals surface area contributed by atoms with Gasteiger partial charge >= 0.3 is 5.97 Å². The number of ether oxygens (including phenoxy) is 2. The highest BCUT2D eigenvalue weighted by molar-refractivity contribution is 5.89. The molecule has 1 rings (SSSR count). The van der Waals surface area contributed by atoms with Gasteiger partial charge in [0.1, 0.15) is 5.60 Å². The number of methoxy groups -OCH3 is 1. The maximum absolute atomic E-state index is 12.0. The maximum atomic E-state index is 12.0. The Kier molecular flexibility index (Phi) is 5.19. The smallest absolute Gasteiger partial charge is 0.336 e. The fourth-order valence-electron chi connectivity index (χ4n) is 2.08. The fraction of sp³-hybridized carbons (Fsp3) is 0.786. The number of carbonyl (C=O) groups excluding carboxylic acids is 1. The van der Waals surface area contributed by atoms with Crippen LogP contribution in [0.15, 0.2) is 11.6 Å². The average Bonchev–Trinajstić information content (AvgIpc) is 2.67. The lowest BCUT2D eigenvalue weighted by molar-refractivity contribution is -0.150. The molecule has 98 valence electrons. The lowest BCUT2D eigenvalue weighted by Gasteiger charge is -2.21. The molecule has 1 aliphatic rings. The first kappa shape index (κ1) is 14.2. The van der Waals surface area contributed by atoms with Gasteiger partial charge in [-0.25, -0.2) is 4.79 Å². The van der Waals surface area contributed by atoms with Crippen molar-refractivity contribution in [2.75, 3.05) is 13.7 Å². The first-order valence-electron chi connectivity index (χ1n) is 6.35. The van der Waals surface area contributed by atoms with Gasteiger partial charge in [0.2, 0.25) is 0 Å². The van der Waals surface area contributed by atoms with Crippen LogP contribution in [-0.2, 0) is 14.3 Å². The minimum Gasteiger partial charge on any atom is -0.457 e. The van der Waals surface area contributed by atoms with Crippen LogP contribution in [0, 0.1) is 5.92 Å². The van der Waals surface area contributed by atoms with Crippen molar-refractivity contribution in [2.24, 2.45) is 5.92 Å². The molecular weight excluding hydrogens is 216 g/mol. The summed E-state index contributed by atoms with van der Waals surface area (Å²) >= 11 is 0. The minimum atomic E-state index is -0.445. The van der Waals surface area contributed by atoms with E-state index in [1.54, 1.807) is 7.11 Å². The molecule has 0 amide bonds. The lowest BCUT2D eigenvalue weighted by Crippen LogP contribution is -2.26. The van der Waals surface area contributed by atoms with E-state index < -0.39 is 5.60 Å². The molecule has 0 N–H and O–H groups in total. The predicted octanol–water partition coefficient (Wildman–Crippen LogP) is 3.09. The van der Waals surface area contributed by atoms with E-state index in [0.717, 1.165) is 0 Å². The quantitative estimate of drug-likeness (QED) is 0.559. The van der Waals surface area contributed by atoms with Crippen molar-refractivity contribution in [1.82, 2.24) is 0 Å². The zero-order valence-electron chi connectivity index (χ0n) is 11.4. The summed E-state index contributed by atoms with van der Waals surface area (Å²) in [7, 11) is 1.60. The van der Waals surface area contributed by atoms with Crippen LogP contribution in [0.3, 0.4) is 0 Å². The summed E-state index contributed by atoms with van der Waals surface area (Å²) in [6, 6.07) is 0. The number of esters is 1. The van der Waals surface area contributed by atoms with Gasteiger partial charge in [-0.3, -0.25) is 0 Å². The average molecular weight is 240 g/mol. The SMILES string of the molecule is COCC(=CC1CCCC1)C(=O)OC(C)(C)C. The van der Waals surface area contributed by atoms with Crippen molar-refractivity contribution >= 4 is 5.97 Å². The van der Waals surface area contributed by atoms with Crippen molar-refractivity contribution in [3.63, 3.8) is 0 Å². The Hall–Kier alpha value is -0.830. The van der Waals surface area contributed by atoms with Crippen LogP contribution in [0.5, 0.6) is 0 Å². The molecule has 0 radical (unpaired) electrons. The molecule has 0 bridgehead atoms. The molecule has 1 fully saturated rings. The summed E-state index contributed by atoms with van der Waals surface area (Å²) in [5, 5.41) is 0. The van der Waals surface area contributed by atoms with Crippen molar-refractivity contribution in [2.45, 2.75) is 52.1 Å². The topological polar surface area (TPSA) is 35.5 Å². The summed E-state index contributed by atoms with van der Waals surface area (Å²) in [4.78, 5) is 12.0. The third-order valence-corrected chi connectivity index (χ3v) is 2.80. The predicted molar refractivity (Wildman–Crippen MR) is 67.8 cm³/mol. The summed E-state index contributed by atoms with van der Waals surface area (Å²) < 4.78 is 10.5. The Balaban J connectivity index is 2.66. The summed E-state index contributed by atoms with van der Waals surface area (Å²) in [5.74, 6) is 0.277. The van der Waals surface area contributed by atoms with Gasteiger partial charge < -0.3 is 9.47 Å². The molecule has 0 atom stereocenters. The standard InChI is InChI=1S/C14H24O3/c1-14(2,3)17-13(15)12(10-16-4)9-11-7-5-6-8-11/h9,11H,5-8,10H2,1-4H3. The number of hydrogen-bond acceptors (Lipinski definition) is 3. The number of rotatable bonds is 4. The Morgan fingerprint density at radius 1 is 1.29 bits per heavy atom. The summed E-state index contributed by atoms with van der Waals surface area (Å²) in [6.07, 6.45) is 6.92. The molecule has 0 saturated heterocycles. The van der Waals surface area contributed by atoms with E-state index in [0.29, 0.717) is 18.1 Å². The molecule has 3 heteroatoms. The molecule has 0 aliphatic heterocycles. The molecule has 0 unspecified atom stereocenters. The van der Waals surface area contributed by atoms with E-state index in [1.807, 2.05) is 26.8 Å². The van der Waals surface area contributed by atoms with E-state index >= 15 is 0 Å². The Morgan fingerprint density at radius 2 is 1.88 bits per heavy atom. The largest absolute Gasteiger partial charge is 0.457 e. The molecule has 1 saturated carbocycles. The molecule has 3 nitrogen and oxygen atoms in total. The summed E-state index contributed by atoms with van der Waals surface area (Å²) in [6.45, 7) is 5.98. The molecular formula is C14H24O3. The van der Waals surface area contributed by atoms with Crippen LogP contribution in [0.4, 0.5) is 0 Å². The van der Waals surface area contributed by atoms with Gasteiger partial charge in [0.15, 0.2) is 0 Å². The highest BCUT2D eigenvalue weighted by atomic mass is 16.6. The van der Waals surface area contributed by atoms with Crippen molar-refractivity contribution in [1.29, 1.82) is 0 Å². The van der Waals surface area contributed by atoms with E-state index in [1.165, 1.54) is 25.7 Å². The molecule has 0 spiro atoms. The van der Waals surface area contributed by atoms with Gasteiger partial charge in [0, 0.05) is 7.11 Å². The minimum absolute atomic E-state index is 0.244. The molecule has 1 aliphatic carbocycles. The lowest BCUT2D eigenvalue weighted by atomic mass is 10.0. The van der Waals surface area contributed by atoms with Gasteiger partial charge in [-0.15, -0.1) is 0 Å². The second-order valence-electron chi connectivity index (χ2n) is 5.67. The van der Waals surface area contributed by atoms with Crippen molar-refractivity contribution < 1.29 is 14.3 Å². The maximum Gasteiger partial charge on any atom is 0.336 e. The fourth-order valence-corrected chi connectivity index (χ4v) is 2.08. The molecule has 0 aromatic heterocycles. The van der Waals surface area contributed by atoms with Crippen LogP contribution in [0.1, 0.15) is 46.5 Å². The normalized spacial score (nSPS) is 18.5. The zero-order valence-corrected chi connectivity index (χ0v) is 11.4. The Bertz CT molecular complexity index is 280.